The van der Waals surface area contributed by atoms with E-state index < -0.39 is 18.0 Å². The third-order valence-corrected chi connectivity index (χ3v) is 15.8. The maximum Gasteiger partial charge on any atom is 0.342 e. The lowest BCUT2D eigenvalue weighted by Gasteiger charge is -2.19. The topological polar surface area (TPSA) is 167 Å². The van der Waals surface area contributed by atoms with E-state index >= 15 is 0 Å². The Balaban J connectivity index is 1.68. The summed E-state index contributed by atoms with van der Waals surface area (Å²) >= 11 is 0. The molecular formula is C68H114O13. The average Bonchev–Trinajstić information content (AvgIpc) is 3.91. The molecule has 1 heterocycles. The van der Waals surface area contributed by atoms with E-state index in [1.807, 2.05) is 19.9 Å². The van der Waals surface area contributed by atoms with Crippen LogP contribution < -0.4 is 9.47 Å². The minimum Gasteiger partial charge on any atom is -0.496 e. The van der Waals surface area contributed by atoms with Crippen molar-refractivity contribution < 1.29 is 61.9 Å². The van der Waals surface area contributed by atoms with Crippen molar-refractivity contribution in [1.29, 1.82) is 0 Å². The number of esters is 6. The highest BCUT2D eigenvalue weighted by atomic mass is 16.6. The van der Waals surface area contributed by atoms with E-state index in [0.717, 1.165) is 107 Å². The Morgan fingerprint density at radius 3 is 1.22 bits per heavy atom. The smallest absolute Gasteiger partial charge is 0.342 e. The van der Waals surface area contributed by atoms with Crippen LogP contribution in [0, 0.1) is 6.92 Å². The third kappa shape index (κ3) is 36.0. The third-order valence-electron chi connectivity index (χ3n) is 15.8. The Morgan fingerprint density at radius 2 is 0.840 bits per heavy atom. The predicted molar refractivity (Wildman–Crippen MR) is 324 cm³/mol. The van der Waals surface area contributed by atoms with Gasteiger partial charge >= 0.3 is 35.8 Å². The summed E-state index contributed by atoms with van der Waals surface area (Å²) in [5.74, 6) is -1.46. The van der Waals surface area contributed by atoms with E-state index in [9.17, 15) is 28.8 Å². The standard InChI is InChI=1S/C68H114O13/c1-7-9-11-13-15-17-19-21-24-28-32-36-40-44-61(70)77-52-57(53-78-62(71)45-41-37-33-29-25-22-20-18-16-14-12-10-8-2)80-63(72)46-42-38-34-30-26-23-27-31-35-39-43-47-64(73)81-67-58(50-48-55(3)49-51-60(69)75-5)66(76-6)56(4)59-54-79-68(74)65(59)67/h48,57H,7-47,49-54H2,1-6H3/b55-48+. The molecule has 13 heteroatoms. The fourth-order valence-electron chi connectivity index (χ4n) is 10.6. The Hall–Kier alpha value is -4.42. The SMILES string of the molecule is CCCCCCCCCCCCCCCC(=O)OCC(COC(=O)CCCCCCCCCCCCCCC)OC(=O)CCCCCCCCCCCCCC(=O)Oc1c(C/C=C(\C)CCC(=O)OC)c(OC)c(C)c2c1C(=O)OC2. The second-order valence-electron chi connectivity index (χ2n) is 23.1. The second kappa shape index (κ2) is 49.0. The second-order valence-corrected chi connectivity index (χ2v) is 23.1. The highest BCUT2D eigenvalue weighted by Crippen LogP contribution is 2.43. The lowest BCUT2D eigenvalue weighted by Crippen LogP contribution is -2.30. The van der Waals surface area contributed by atoms with Crippen molar-refractivity contribution in [2.45, 2.75) is 323 Å². The molecule has 1 aromatic carbocycles. The van der Waals surface area contributed by atoms with Gasteiger partial charge in [0, 0.05) is 43.2 Å². The van der Waals surface area contributed by atoms with Gasteiger partial charge in [0.05, 0.1) is 14.2 Å². The molecule has 0 atom stereocenters. The molecule has 1 aliphatic rings. The zero-order chi connectivity index (χ0) is 59.0. The highest BCUT2D eigenvalue weighted by molar-refractivity contribution is 5.99. The van der Waals surface area contributed by atoms with E-state index in [4.69, 9.17) is 33.2 Å². The minimum absolute atomic E-state index is 0.0927. The van der Waals surface area contributed by atoms with E-state index in [0.29, 0.717) is 55.4 Å². The molecule has 81 heavy (non-hydrogen) atoms. The first-order chi connectivity index (χ1) is 39.4. The van der Waals surface area contributed by atoms with E-state index in [2.05, 4.69) is 13.8 Å². The maximum absolute atomic E-state index is 13.2. The number of cyclic esters (lactones) is 1. The zero-order valence-electron chi connectivity index (χ0n) is 52.2. The number of allylic oxidation sites excluding steroid dienone is 2. The molecule has 464 valence electrons. The number of hydrogen-bond acceptors (Lipinski definition) is 13. The quantitative estimate of drug-likeness (QED) is 0.0199. The normalized spacial score (nSPS) is 12.1. The van der Waals surface area contributed by atoms with Crippen LogP contribution in [-0.2, 0) is 60.7 Å². The lowest BCUT2D eigenvalue weighted by atomic mass is 9.94. The zero-order valence-corrected chi connectivity index (χ0v) is 52.2. The molecule has 1 aliphatic heterocycles. The Morgan fingerprint density at radius 1 is 0.469 bits per heavy atom. The van der Waals surface area contributed by atoms with Crippen molar-refractivity contribution >= 4 is 35.8 Å². The van der Waals surface area contributed by atoms with Crippen molar-refractivity contribution in [2.24, 2.45) is 0 Å². The molecule has 0 radical (unpaired) electrons. The number of ether oxygens (including phenoxy) is 7. The first-order valence-corrected chi connectivity index (χ1v) is 32.8. The summed E-state index contributed by atoms with van der Waals surface area (Å²) in [6, 6.07) is 0. The van der Waals surface area contributed by atoms with Gasteiger partial charge in [-0.05, 0) is 57.9 Å². The van der Waals surface area contributed by atoms with Gasteiger partial charge in [-0.25, -0.2) is 4.79 Å². The van der Waals surface area contributed by atoms with Crippen LogP contribution in [0.5, 0.6) is 11.5 Å². The van der Waals surface area contributed by atoms with Crippen LogP contribution in [-0.4, -0.2) is 69.4 Å². The minimum atomic E-state index is -0.827. The fraction of sp³-hybridized carbons (Fsp3) is 0.794. The lowest BCUT2D eigenvalue weighted by molar-refractivity contribution is -0.167. The van der Waals surface area contributed by atoms with Crippen molar-refractivity contribution in [3.8, 4) is 11.5 Å². The molecule has 1 aromatic rings. The molecule has 0 aromatic heterocycles. The molecule has 0 saturated heterocycles. The Bertz CT molecular complexity index is 1860. The summed E-state index contributed by atoms with van der Waals surface area (Å²) in [5.41, 5.74) is 3.27. The summed E-state index contributed by atoms with van der Waals surface area (Å²) in [4.78, 5) is 76.2. The molecular weight excluding hydrogens is 1020 g/mol. The van der Waals surface area contributed by atoms with Gasteiger partial charge in [0.2, 0.25) is 0 Å². The van der Waals surface area contributed by atoms with E-state index in [1.165, 1.54) is 136 Å². The molecule has 0 aliphatic carbocycles. The van der Waals surface area contributed by atoms with Crippen molar-refractivity contribution in [3.63, 3.8) is 0 Å². The first-order valence-electron chi connectivity index (χ1n) is 32.8. The van der Waals surface area contributed by atoms with Crippen LogP contribution in [0.3, 0.4) is 0 Å². The largest absolute Gasteiger partial charge is 0.496 e. The summed E-state index contributed by atoms with van der Waals surface area (Å²) in [7, 11) is 2.92. The van der Waals surface area contributed by atoms with E-state index in [1.54, 1.807) is 7.11 Å². The number of carbonyl (C=O) groups is 6. The Labute approximate surface area is 491 Å². The van der Waals surface area contributed by atoms with Gasteiger partial charge < -0.3 is 33.2 Å². The highest BCUT2D eigenvalue weighted by Gasteiger charge is 2.34. The van der Waals surface area contributed by atoms with Gasteiger partial charge in [-0.1, -0.05) is 237 Å². The summed E-state index contributed by atoms with van der Waals surface area (Å²) in [5, 5.41) is 0. The van der Waals surface area contributed by atoms with Crippen LogP contribution >= 0.6 is 0 Å². The molecule has 2 rings (SSSR count). The molecule has 0 saturated carbocycles. The van der Waals surface area contributed by atoms with Crippen molar-refractivity contribution in [1.82, 2.24) is 0 Å². The summed E-state index contributed by atoms with van der Waals surface area (Å²) in [6.07, 6.45) is 46.1. The molecule has 13 nitrogen and oxygen atoms in total. The van der Waals surface area contributed by atoms with Gasteiger partial charge in [-0.15, -0.1) is 0 Å². The van der Waals surface area contributed by atoms with Gasteiger partial charge in [0.15, 0.2) is 11.9 Å². The van der Waals surface area contributed by atoms with Gasteiger partial charge in [-0.2, -0.15) is 0 Å². The van der Waals surface area contributed by atoms with E-state index in [-0.39, 0.29) is 74.3 Å². The van der Waals surface area contributed by atoms with Gasteiger partial charge in [-0.3, -0.25) is 24.0 Å². The average molecular weight is 1140 g/mol. The fourth-order valence-corrected chi connectivity index (χ4v) is 10.6. The van der Waals surface area contributed by atoms with Gasteiger partial charge in [0.1, 0.15) is 31.1 Å². The van der Waals surface area contributed by atoms with Crippen LogP contribution in [0.15, 0.2) is 11.6 Å². The number of benzene rings is 1. The molecule has 0 unspecified atom stereocenters. The van der Waals surface area contributed by atoms with Gasteiger partial charge in [0.25, 0.3) is 0 Å². The summed E-state index contributed by atoms with van der Waals surface area (Å²) in [6.45, 7) is 8.16. The first kappa shape index (κ1) is 72.7. The number of rotatable bonds is 54. The van der Waals surface area contributed by atoms with Crippen molar-refractivity contribution in [2.75, 3.05) is 27.4 Å². The monoisotopic (exact) mass is 1140 g/mol. The van der Waals surface area contributed by atoms with Crippen LogP contribution in [0.2, 0.25) is 0 Å². The molecule has 0 bridgehead atoms. The van der Waals surface area contributed by atoms with Crippen molar-refractivity contribution in [3.05, 3.63) is 33.9 Å². The number of methoxy groups -OCH3 is 2. The number of fused-ring (bicyclic) bond motifs is 1. The predicted octanol–water partition coefficient (Wildman–Crippen LogP) is 18.1. The van der Waals surface area contributed by atoms with Crippen LogP contribution in [0.25, 0.3) is 0 Å². The molecule has 0 spiro atoms. The molecule has 0 N–H and O–H groups in total. The maximum atomic E-state index is 13.2. The molecule has 0 amide bonds. The number of unbranched alkanes of at least 4 members (excludes halogenated alkanes) is 34. The summed E-state index contributed by atoms with van der Waals surface area (Å²) < 4.78 is 38.8. The molecule has 0 fully saturated rings. The number of hydrogen-bond donors (Lipinski definition) is 0. The Kier molecular flexibility index (Phi) is 44.0. The van der Waals surface area contributed by atoms with Crippen LogP contribution in [0.4, 0.5) is 0 Å². The number of carbonyl (C=O) groups excluding carboxylic acids is 6. The van der Waals surface area contributed by atoms with Crippen LogP contribution in [0.1, 0.15) is 324 Å².